The SMILES string of the molecule is CCOC(=O)C1=C(C)NC(=O)N[C@@H]1c1ccc(OCC(=O)N/N=C/c2cc(Cl)cc(Br)c2OCc2ccc(Cl)c(Cl)c2)c(OC)c1. The van der Waals surface area contributed by atoms with Crippen LogP contribution in [0, 0.1) is 0 Å². The highest BCUT2D eigenvalue weighted by molar-refractivity contribution is 9.10. The summed E-state index contributed by atoms with van der Waals surface area (Å²) < 4.78 is 22.9. The molecule has 0 aliphatic carbocycles. The van der Waals surface area contributed by atoms with E-state index in [0.29, 0.717) is 42.1 Å². The lowest BCUT2D eigenvalue weighted by molar-refractivity contribution is -0.139. The number of amides is 3. The van der Waals surface area contributed by atoms with Gasteiger partial charge in [-0.2, -0.15) is 5.10 Å². The molecule has 1 heterocycles. The number of nitrogens with one attached hydrogen (secondary N) is 3. The highest BCUT2D eigenvalue weighted by Crippen LogP contribution is 2.35. The molecule has 0 bridgehead atoms. The van der Waals surface area contributed by atoms with Crippen LogP contribution >= 0.6 is 50.7 Å². The predicted molar refractivity (Wildman–Crippen MR) is 178 cm³/mol. The number of carbonyl (C=O) groups excluding carboxylic acids is 3. The summed E-state index contributed by atoms with van der Waals surface area (Å²) in [7, 11) is 1.43. The minimum atomic E-state index is -0.794. The number of allylic oxidation sites excluding steroid dienone is 1. The second kappa shape index (κ2) is 16.0. The molecule has 3 amide bonds. The largest absolute Gasteiger partial charge is 0.493 e. The molecule has 3 aromatic rings. The van der Waals surface area contributed by atoms with E-state index in [9.17, 15) is 14.4 Å². The summed E-state index contributed by atoms with van der Waals surface area (Å²) in [6.45, 7) is 3.26. The van der Waals surface area contributed by atoms with Gasteiger partial charge in [-0.25, -0.2) is 15.0 Å². The summed E-state index contributed by atoms with van der Waals surface area (Å²) in [5.74, 6) is -0.161. The third-order valence-electron chi connectivity index (χ3n) is 6.44. The summed E-state index contributed by atoms with van der Waals surface area (Å²) in [5, 5.41) is 10.6. The molecular weight excluding hydrogens is 727 g/mol. The monoisotopic (exact) mass is 752 g/mol. The Morgan fingerprint density at radius 1 is 1.04 bits per heavy atom. The number of hydrogen-bond donors (Lipinski definition) is 3. The Bertz CT molecular complexity index is 1720. The molecular formula is C31H28BrCl3N4O7. The zero-order chi connectivity index (χ0) is 33.4. The molecule has 15 heteroatoms. The van der Waals surface area contributed by atoms with Crippen molar-refractivity contribution in [3.63, 3.8) is 0 Å². The van der Waals surface area contributed by atoms with Gasteiger partial charge >= 0.3 is 12.0 Å². The number of methoxy groups -OCH3 is 1. The quantitative estimate of drug-likeness (QED) is 0.106. The van der Waals surface area contributed by atoms with E-state index in [2.05, 4.69) is 37.1 Å². The fourth-order valence-corrected chi connectivity index (χ4v) is 5.64. The standard InChI is InChI=1S/C31H28BrCl3N4O7/c1-4-44-30(41)27-16(2)37-31(42)38-28(27)18-6-8-24(25(11-18)43-3)45-15-26(40)39-36-13-19-10-20(33)12-21(32)29(19)46-14-17-5-7-22(34)23(35)9-17/h5-13,28H,4,14-15H2,1-3H3,(H,39,40)(H2,37,38,42)/b36-13+/t28-/m1/s1. The van der Waals surface area contributed by atoms with E-state index in [-0.39, 0.29) is 30.3 Å². The number of benzene rings is 3. The molecule has 3 aromatic carbocycles. The molecule has 0 radical (unpaired) electrons. The summed E-state index contributed by atoms with van der Waals surface area (Å²) in [4.78, 5) is 37.4. The van der Waals surface area contributed by atoms with Crippen molar-refractivity contribution in [1.82, 2.24) is 16.1 Å². The number of hydrogen-bond acceptors (Lipinski definition) is 8. The molecule has 1 aliphatic rings. The normalized spacial score (nSPS) is 14.4. The molecule has 46 heavy (non-hydrogen) atoms. The number of rotatable bonds is 12. The van der Waals surface area contributed by atoms with Gasteiger partial charge in [-0.3, -0.25) is 4.79 Å². The fraction of sp³-hybridized carbons (Fsp3) is 0.226. The highest BCUT2D eigenvalue weighted by Gasteiger charge is 2.32. The topological polar surface area (TPSA) is 137 Å². The van der Waals surface area contributed by atoms with E-state index in [1.165, 1.54) is 13.3 Å². The van der Waals surface area contributed by atoms with Crippen LogP contribution in [0.3, 0.4) is 0 Å². The van der Waals surface area contributed by atoms with Crippen LogP contribution in [0.2, 0.25) is 15.1 Å². The van der Waals surface area contributed by atoms with E-state index < -0.39 is 30.6 Å². The van der Waals surface area contributed by atoms with Gasteiger partial charge in [0.15, 0.2) is 18.1 Å². The van der Waals surface area contributed by atoms with Gasteiger partial charge < -0.3 is 29.6 Å². The van der Waals surface area contributed by atoms with Gasteiger partial charge in [0.25, 0.3) is 5.91 Å². The van der Waals surface area contributed by atoms with Gasteiger partial charge in [-0.1, -0.05) is 46.9 Å². The lowest BCUT2D eigenvalue weighted by Crippen LogP contribution is -2.45. The Hall–Kier alpha value is -3.97. The van der Waals surface area contributed by atoms with E-state index in [4.69, 9.17) is 53.8 Å². The molecule has 0 saturated heterocycles. The summed E-state index contributed by atoms with van der Waals surface area (Å²) in [5.41, 5.74) is 4.86. The number of halogens is 4. The van der Waals surface area contributed by atoms with Gasteiger partial charge in [0, 0.05) is 16.3 Å². The number of urea groups is 1. The van der Waals surface area contributed by atoms with Crippen molar-refractivity contribution in [2.45, 2.75) is 26.5 Å². The fourth-order valence-electron chi connectivity index (χ4n) is 4.37. The first-order chi connectivity index (χ1) is 22.0. The van der Waals surface area contributed by atoms with Crippen LogP contribution < -0.4 is 30.3 Å². The smallest absolute Gasteiger partial charge is 0.338 e. The molecule has 3 N–H and O–H groups in total. The predicted octanol–water partition coefficient (Wildman–Crippen LogP) is 6.72. The van der Waals surface area contributed by atoms with E-state index >= 15 is 0 Å². The average Bonchev–Trinajstić information content (AvgIpc) is 3.00. The molecule has 0 saturated carbocycles. The Morgan fingerprint density at radius 2 is 1.83 bits per heavy atom. The number of ether oxygens (including phenoxy) is 4. The maximum absolute atomic E-state index is 12.6. The van der Waals surface area contributed by atoms with Crippen LogP contribution in [-0.2, 0) is 20.9 Å². The molecule has 0 fully saturated rings. The minimum absolute atomic E-state index is 0.171. The maximum Gasteiger partial charge on any atom is 0.338 e. The Kier molecular flexibility index (Phi) is 12.2. The van der Waals surface area contributed by atoms with Crippen LogP contribution in [-0.4, -0.2) is 44.4 Å². The minimum Gasteiger partial charge on any atom is -0.493 e. The van der Waals surface area contributed by atoms with Gasteiger partial charge in [0.05, 0.1) is 46.1 Å². The van der Waals surface area contributed by atoms with Crippen LogP contribution in [0.4, 0.5) is 4.79 Å². The molecule has 0 aromatic heterocycles. The zero-order valence-electron chi connectivity index (χ0n) is 24.7. The van der Waals surface area contributed by atoms with Crippen molar-refractivity contribution >= 4 is 74.9 Å². The molecule has 4 rings (SSSR count). The Morgan fingerprint density at radius 3 is 2.54 bits per heavy atom. The van der Waals surface area contributed by atoms with Crippen molar-refractivity contribution < 1.29 is 33.3 Å². The van der Waals surface area contributed by atoms with Crippen molar-refractivity contribution in [3.05, 3.63) is 96.0 Å². The van der Waals surface area contributed by atoms with E-state index in [1.54, 1.807) is 62.4 Å². The van der Waals surface area contributed by atoms with Crippen LogP contribution in [0.15, 0.2) is 69.4 Å². The Labute approximate surface area is 288 Å². The first-order valence-electron chi connectivity index (χ1n) is 13.6. The average molecular weight is 755 g/mol. The second-order valence-corrected chi connectivity index (χ2v) is 11.7. The van der Waals surface area contributed by atoms with Crippen LogP contribution in [0.1, 0.15) is 36.6 Å². The molecule has 1 aliphatic heterocycles. The van der Waals surface area contributed by atoms with E-state index in [0.717, 1.165) is 5.56 Å². The lowest BCUT2D eigenvalue weighted by Gasteiger charge is -2.28. The molecule has 0 unspecified atom stereocenters. The molecule has 11 nitrogen and oxygen atoms in total. The number of carbonyl (C=O) groups is 3. The summed E-state index contributed by atoms with van der Waals surface area (Å²) >= 11 is 21.8. The summed E-state index contributed by atoms with van der Waals surface area (Å²) in [6, 6.07) is 12.0. The maximum atomic E-state index is 12.6. The van der Waals surface area contributed by atoms with Crippen molar-refractivity contribution in [2.24, 2.45) is 5.10 Å². The van der Waals surface area contributed by atoms with Gasteiger partial charge in [-0.15, -0.1) is 0 Å². The van der Waals surface area contributed by atoms with Crippen LogP contribution in [0.25, 0.3) is 0 Å². The van der Waals surface area contributed by atoms with Gasteiger partial charge in [0.1, 0.15) is 12.4 Å². The third-order valence-corrected chi connectivity index (χ3v) is 7.99. The van der Waals surface area contributed by atoms with Gasteiger partial charge in [-0.05, 0) is 77.3 Å². The number of hydrazone groups is 1. The second-order valence-electron chi connectivity index (χ2n) is 9.63. The van der Waals surface area contributed by atoms with E-state index in [1.807, 2.05) is 0 Å². The van der Waals surface area contributed by atoms with Crippen molar-refractivity contribution in [3.8, 4) is 17.2 Å². The molecule has 1 atom stereocenters. The summed E-state index contributed by atoms with van der Waals surface area (Å²) in [6.07, 6.45) is 1.39. The first kappa shape index (κ1) is 34.9. The molecule has 242 valence electrons. The van der Waals surface area contributed by atoms with Crippen molar-refractivity contribution in [1.29, 1.82) is 0 Å². The van der Waals surface area contributed by atoms with Gasteiger partial charge in [0.2, 0.25) is 0 Å². The lowest BCUT2D eigenvalue weighted by atomic mass is 9.95. The van der Waals surface area contributed by atoms with Crippen LogP contribution in [0.5, 0.6) is 17.2 Å². The first-order valence-corrected chi connectivity index (χ1v) is 15.6. The Balaban J connectivity index is 1.41. The number of nitrogens with zero attached hydrogens (tertiary/aromatic N) is 1. The third kappa shape index (κ3) is 8.85. The molecule has 0 spiro atoms. The zero-order valence-corrected chi connectivity index (χ0v) is 28.6. The highest BCUT2D eigenvalue weighted by atomic mass is 79.9. The van der Waals surface area contributed by atoms with Crippen molar-refractivity contribution in [2.75, 3.05) is 20.3 Å². The number of esters is 1.